The van der Waals surface area contributed by atoms with Crippen LogP contribution < -0.4 is 5.32 Å². The minimum Gasteiger partial charge on any atom is -0.396 e. The van der Waals surface area contributed by atoms with E-state index in [2.05, 4.69) is 46.7 Å². The smallest absolute Gasteiger partial charge is 0.253 e. The van der Waals surface area contributed by atoms with Crippen LogP contribution in [0.25, 0.3) is 11.3 Å². The van der Waals surface area contributed by atoms with Crippen molar-refractivity contribution in [1.29, 1.82) is 0 Å². The average molecular weight is 452 g/mol. The first-order valence-electron chi connectivity index (χ1n) is 11.4. The fourth-order valence-corrected chi connectivity index (χ4v) is 4.75. The van der Waals surface area contributed by atoms with E-state index in [9.17, 15) is 4.79 Å². The minimum absolute atomic E-state index is 0.0373. The molecule has 168 valence electrons. The maximum atomic E-state index is 13.4. The van der Waals surface area contributed by atoms with E-state index in [1.165, 1.54) is 24.8 Å². The Bertz CT molecular complexity index is 1060. The van der Waals surface area contributed by atoms with Crippen molar-refractivity contribution < 1.29 is 9.90 Å². The van der Waals surface area contributed by atoms with Gasteiger partial charge in [-0.05, 0) is 49.4 Å². The summed E-state index contributed by atoms with van der Waals surface area (Å²) in [6.45, 7) is 2.13. The van der Waals surface area contributed by atoms with Crippen molar-refractivity contribution in [1.82, 2.24) is 15.5 Å². The summed E-state index contributed by atoms with van der Waals surface area (Å²) in [5.74, 6) is 0.254. The fourth-order valence-electron chi connectivity index (χ4n) is 4.55. The summed E-state index contributed by atoms with van der Waals surface area (Å²) in [6, 6.07) is 15.7. The number of rotatable bonds is 7. The van der Waals surface area contributed by atoms with Crippen molar-refractivity contribution in [2.45, 2.75) is 51.5 Å². The Hall–Kier alpha value is -2.63. The Kier molecular flexibility index (Phi) is 7.28. The lowest BCUT2D eigenvalue weighted by molar-refractivity contribution is 0.0912. The number of aromatic nitrogens is 2. The highest BCUT2D eigenvalue weighted by Gasteiger charge is 2.27. The van der Waals surface area contributed by atoms with Crippen LogP contribution in [0.3, 0.4) is 0 Å². The molecule has 5 nitrogen and oxygen atoms in total. The molecule has 1 aromatic heterocycles. The van der Waals surface area contributed by atoms with E-state index in [-0.39, 0.29) is 18.6 Å². The van der Waals surface area contributed by atoms with E-state index < -0.39 is 0 Å². The fraction of sp³-hybridized carbons (Fsp3) is 0.385. The highest BCUT2D eigenvalue weighted by atomic mass is 35.5. The second-order valence-electron chi connectivity index (χ2n) is 8.71. The van der Waals surface area contributed by atoms with Gasteiger partial charge in [0.1, 0.15) is 0 Å². The molecule has 0 radical (unpaired) electrons. The SMILES string of the molecule is Cc1ccc(C(NC(=O)c2cc(-c3cc(CCO)[nH]n3)ccc2Cl)C2CCCCC2)cc1. The molecule has 2 aromatic carbocycles. The summed E-state index contributed by atoms with van der Waals surface area (Å²) in [5.41, 5.74) is 5.18. The van der Waals surface area contributed by atoms with E-state index in [0.717, 1.165) is 35.4 Å². The molecule has 32 heavy (non-hydrogen) atoms. The van der Waals surface area contributed by atoms with Gasteiger partial charge in [-0.1, -0.05) is 66.8 Å². The minimum atomic E-state index is -0.167. The van der Waals surface area contributed by atoms with Crippen molar-refractivity contribution in [3.8, 4) is 11.3 Å². The lowest BCUT2D eigenvalue weighted by atomic mass is 9.81. The van der Waals surface area contributed by atoms with Crippen LogP contribution in [0, 0.1) is 12.8 Å². The summed E-state index contributed by atoms with van der Waals surface area (Å²) < 4.78 is 0. The second kappa shape index (κ2) is 10.3. The summed E-state index contributed by atoms with van der Waals surface area (Å²) in [5, 5.41) is 20.1. The number of nitrogens with one attached hydrogen (secondary N) is 2. The number of nitrogens with zero attached hydrogens (tertiary/aromatic N) is 1. The molecule has 1 aliphatic carbocycles. The summed E-state index contributed by atoms with van der Waals surface area (Å²) in [7, 11) is 0. The summed E-state index contributed by atoms with van der Waals surface area (Å²) >= 11 is 6.45. The van der Waals surface area contributed by atoms with E-state index in [1.807, 2.05) is 12.1 Å². The molecule has 0 aliphatic heterocycles. The van der Waals surface area contributed by atoms with Crippen molar-refractivity contribution in [2.24, 2.45) is 5.92 Å². The van der Waals surface area contributed by atoms with Gasteiger partial charge in [-0.3, -0.25) is 9.89 Å². The molecule has 1 unspecified atom stereocenters. The quantitative estimate of drug-likeness (QED) is 0.436. The van der Waals surface area contributed by atoms with Crippen LogP contribution in [0.4, 0.5) is 0 Å². The van der Waals surface area contributed by atoms with Crippen LogP contribution in [-0.4, -0.2) is 27.8 Å². The van der Waals surface area contributed by atoms with Gasteiger partial charge in [-0.2, -0.15) is 5.10 Å². The molecule has 0 saturated heterocycles. The average Bonchev–Trinajstić information content (AvgIpc) is 3.28. The zero-order chi connectivity index (χ0) is 22.5. The number of aliphatic hydroxyl groups excluding tert-OH is 1. The van der Waals surface area contributed by atoms with Crippen molar-refractivity contribution in [2.75, 3.05) is 6.61 Å². The largest absolute Gasteiger partial charge is 0.396 e. The number of aromatic amines is 1. The molecule has 3 aromatic rings. The third-order valence-corrected chi connectivity index (χ3v) is 6.69. The number of hydrogen-bond donors (Lipinski definition) is 3. The van der Waals surface area contributed by atoms with Crippen molar-refractivity contribution >= 4 is 17.5 Å². The number of aliphatic hydroxyl groups is 1. The van der Waals surface area contributed by atoms with Crippen LogP contribution in [0.15, 0.2) is 48.5 Å². The van der Waals surface area contributed by atoms with Crippen LogP contribution >= 0.6 is 11.6 Å². The van der Waals surface area contributed by atoms with E-state index in [0.29, 0.717) is 22.9 Å². The highest BCUT2D eigenvalue weighted by molar-refractivity contribution is 6.34. The first-order valence-corrected chi connectivity index (χ1v) is 11.8. The van der Waals surface area contributed by atoms with E-state index in [1.54, 1.807) is 12.1 Å². The molecule has 6 heteroatoms. The first kappa shape index (κ1) is 22.6. The number of halogens is 1. The topological polar surface area (TPSA) is 78.0 Å². The lowest BCUT2D eigenvalue weighted by Gasteiger charge is -2.31. The molecule has 1 heterocycles. The van der Waals surface area contributed by atoms with Gasteiger partial charge in [0, 0.05) is 24.3 Å². The van der Waals surface area contributed by atoms with Gasteiger partial charge in [0.05, 0.1) is 22.3 Å². The predicted molar refractivity (Wildman–Crippen MR) is 128 cm³/mol. The third kappa shape index (κ3) is 5.22. The number of hydrogen-bond acceptors (Lipinski definition) is 3. The maximum absolute atomic E-state index is 13.4. The number of carbonyl (C=O) groups excluding carboxylic acids is 1. The zero-order valence-corrected chi connectivity index (χ0v) is 19.2. The molecule has 1 amide bonds. The number of amides is 1. The van der Waals surface area contributed by atoms with Crippen molar-refractivity contribution in [3.05, 3.63) is 75.9 Å². The van der Waals surface area contributed by atoms with Crippen LogP contribution in [-0.2, 0) is 6.42 Å². The standard InChI is InChI=1S/C26H30ClN3O2/c1-17-7-9-19(10-8-17)25(18-5-3-2-4-6-18)28-26(32)22-15-20(11-12-23(22)27)24-16-21(13-14-31)29-30-24/h7-12,15-16,18,25,31H,2-6,13-14H2,1H3,(H,28,32)(H,29,30). The first-order chi connectivity index (χ1) is 15.5. The normalized spacial score (nSPS) is 15.5. The molecule has 3 N–H and O–H groups in total. The molecule has 1 atom stereocenters. The Labute approximate surface area is 194 Å². The van der Waals surface area contributed by atoms with Gasteiger partial charge >= 0.3 is 0 Å². The summed E-state index contributed by atoms with van der Waals surface area (Å²) in [4.78, 5) is 13.4. The Morgan fingerprint density at radius 3 is 2.62 bits per heavy atom. The predicted octanol–water partition coefficient (Wildman–Crippen LogP) is 5.62. The van der Waals surface area contributed by atoms with Gasteiger partial charge < -0.3 is 10.4 Å². The van der Waals surface area contributed by atoms with Crippen LogP contribution in [0.5, 0.6) is 0 Å². The van der Waals surface area contributed by atoms with Crippen LogP contribution in [0.2, 0.25) is 5.02 Å². The number of H-pyrrole nitrogens is 1. The molecule has 1 aliphatic rings. The van der Waals surface area contributed by atoms with E-state index >= 15 is 0 Å². The lowest BCUT2D eigenvalue weighted by Crippen LogP contribution is -2.34. The molecule has 1 saturated carbocycles. The Morgan fingerprint density at radius 2 is 1.91 bits per heavy atom. The Morgan fingerprint density at radius 1 is 1.16 bits per heavy atom. The molecule has 4 rings (SSSR count). The zero-order valence-electron chi connectivity index (χ0n) is 18.4. The maximum Gasteiger partial charge on any atom is 0.253 e. The van der Waals surface area contributed by atoms with E-state index in [4.69, 9.17) is 16.7 Å². The number of aryl methyl sites for hydroxylation is 1. The highest BCUT2D eigenvalue weighted by Crippen LogP contribution is 2.35. The Balaban J connectivity index is 1.60. The molecule has 0 spiro atoms. The summed E-state index contributed by atoms with van der Waals surface area (Å²) in [6.07, 6.45) is 6.42. The number of benzene rings is 2. The monoisotopic (exact) mass is 451 g/mol. The van der Waals surface area contributed by atoms with Crippen LogP contribution in [0.1, 0.15) is 65.3 Å². The van der Waals surface area contributed by atoms with Crippen molar-refractivity contribution in [3.63, 3.8) is 0 Å². The molecular weight excluding hydrogens is 422 g/mol. The molecule has 0 bridgehead atoms. The van der Waals surface area contributed by atoms with Gasteiger partial charge in [-0.15, -0.1) is 0 Å². The van der Waals surface area contributed by atoms with Gasteiger partial charge in [0.25, 0.3) is 5.91 Å². The number of carbonyl (C=O) groups is 1. The van der Waals surface area contributed by atoms with Gasteiger partial charge in [0.15, 0.2) is 0 Å². The van der Waals surface area contributed by atoms with Gasteiger partial charge in [-0.25, -0.2) is 0 Å². The molecular formula is C26H30ClN3O2. The molecule has 1 fully saturated rings. The van der Waals surface area contributed by atoms with Gasteiger partial charge in [0.2, 0.25) is 0 Å². The third-order valence-electron chi connectivity index (χ3n) is 6.36. The second-order valence-corrected chi connectivity index (χ2v) is 9.11.